The fraction of sp³-hybridized carbons (Fsp3) is 1.00. The molecule has 0 aromatic carbocycles. The highest BCUT2D eigenvalue weighted by Crippen LogP contribution is 2.15. The van der Waals surface area contributed by atoms with Crippen LogP contribution in [0.1, 0.15) is 26.7 Å². The van der Waals surface area contributed by atoms with Crippen LogP contribution >= 0.6 is 0 Å². The van der Waals surface area contributed by atoms with Crippen LogP contribution < -0.4 is 0 Å². The zero-order valence-corrected chi connectivity index (χ0v) is 8.55. The summed E-state index contributed by atoms with van der Waals surface area (Å²) in [6.45, 7) is 7.63. The van der Waals surface area contributed by atoms with Crippen molar-refractivity contribution in [3.8, 4) is 0 Å². The number of hydrogen-bond acceptors (Lipinski definition) is 2. The van der Waals surface area contributed by atoms with E-state index in [2.05, 4.69) is 25.8 Å². The molecule has 2 nitrogen and oxygen atoms in total. The van der Waals surface area contributed by atoms with E-state index in [4.69, 9.17) is 4.74 Å². The summed E-state index contributed by atoms with van der Waals surface area (Å²) in [6.07, 6.45) is 3.07. The van der Waals surface area contributed by atoms with E-state index in [0.29, 0.717) is 6.10 Å². The molecule has 1 fully saturated rings. The highest BCUT2D eigenvalue weighted by molar-refractivity contribution is 4.70. The van der Waals surface area contributed by atoms with Crippen molar-refractivity contribution in [3.63, 3.8) is 0 Å². The van der Waals surface area contributed by atoms with Crippen molar-refractivity contribution in [1.82, 2.24) is 4.90 Å². The van der Waals surface area contributed by atoms with Crippen LogP contribution in [0.2, 0.25) is 0 Å². The molecule has 0 aromatic rings. The fourth-order valence-corrected chi connectivity index (χ4v) is 1.74. The fourth-order valence-electron chi connectivity index (χ4n) is 1.74. The van der Waals surface area contributed by atoms with Crippen molar-refractivity contribution in [2.75, 3.05) is 26.7 Å². The summed E-state index contributed by atoms with van der Waals surface area (Å²) in [6, 6.07) is 0. The van der Waals surface area contributed by atoms with Gasteiger partial charge in [-0.15, -0.1) is 0 Å². The third kappa shape index (κ3) is 3.55. The number of likely N-dealkylation sites (tertiary alicyclic amines) is 1. The van der Waals surface area contributed by atoms with Crippen LogP contribution in [0.3, 0.4) is 0 Å². The van der Waals surface area contributed by atoms with Crippen LogP contribution in [-0.2, 0) is 4.74 Å². The molecule has 12 heavy (non-hydrogen) atoms. The summed E-state index contributed by atoms with van der Waals surface area (Å²) < 4.78 is 5.60. The van der Waals surface area contributed by atoms with E-state index < -0.39 is 0 Å². The Balaban J connectivity index is 2.14. The molecule has 0 aromatic heterocycles. The molecule has 1 aliphatic rings. The minimum absolute atomic E-state index is 0.386. The second-order valence-electron chi connectivity index (χ2n) is 4.15. The van der Waals surface area contributed by atoms with Crippen molar-refractivity contribution < 1.29 is 4.74 Å². The molecule has 1 heterocycles. The largest absolute Gasteiger partial charge is 0.378 e. The lowest BCUT2D eigenvalue weighted by molar-refractivity contribution is 0.0303. The SMILES string of the molecule is CC(C)OC[C@@H]1CCCN(C)C1. The Bertz CT molecular complexity index is 125. The van der Waals surface area contributed by atoms with E-state index in [1.54, 1.807) is 0 Å². The number of ether oxygens (including phenoxy) is 1. The second kappa shape index (κ2) is 4.83. The van der Waals surface area contributed by atoms with E-state index in [-0.39, 0.29) is 0 Å². The average molecular weight is 171 g/mol. The monoisotopic (exact) mass is 171 g/mol. The Morgan fingerprint density at radius 3 is 2.83 bits per heavy atom. The third-order valence-corrected chi connectivity index (χ3v) is 2.39. The summed E-state index contributed by atoms with van der Waals surface area (Å²) in [7, 11) is 2.20. The molecule has 0 amide bonds. The molecule has 0 radical (unpaired) electrons. The Labute approximate surface area is 75.9 Å². The van der Waals surface area contributed by atoms with E-state index in [0.717, 1.165) is 12.5 Å². The van der Waals surface area contributed by atoms with Crippen molar-refractivity contribution in [2.24, 2.45) is 5.92 Å². The molecule has 72 valence electrons. The van der Waals surface area contributed by atoms with Gasteiger partial charge in [0.15, 0.2) is 0 Å². The van der Waals surface area contributed by atoms with Crippen LogP contribution in [0.25, 0.3) is 0 Å². The first kappa shape index (κ1) is 10.0. The molecule has 1 atom stereocenters. The molecular formula is C10H21NO. The van der Waals surface area contributed by atoms with Gasteiger partial charge in [-0.05, 0) is 46.2 Å². The smallest absolute Gasteiger partial charge is 0.0519 e. The molecule has 1 aliphatic heterocycles. The number of nitrogens with zero attached hydrogens (tertiary/aromatic N) is 1. The van der Waals surface area contributed by atoms with Crippen LogP contribution in [0.15, 0.2) is 0 Å². The molecule has 0 aliphatic carbocycles. The Morgan fingerprint density at radius 1 is 1.50 bits per heavy atom. The molecule has 0 N–H and O–H groups in total. The van der Waals surface area contributed by atoms with E-state index in [1.165, 1.54) is 25.9 Å². The van der Waals surface area contributed by atoms with Gasteiger partial charge in [-0.25, -0.2) is 0 Å². The van der Waals surface area contributed by atoms with Gasteiger partial charge in [0.2, 0.25) is 0 Å². The van der Waals surface area contributed by atoms with Gasteiger partial charge in [0.1, 0.15) is 0 Å². The summed E-state index contributed by atoms with van der Waals surface area (Å²) in [4.78, 5) is 2.40. The lowest BCUT2D eigenvalue weighted by Gasteiger charge is -2.29. The van der Waals surface area contributed by atoms with Gasteiger partial charge in [0.05, 0.1) is 12.7 Å². The standard InChI is InChI=1S/C10H21NO/c1-9(2)12-8-10-5-4-6-11(3)7-10/h9-10H,4-8H2,1-3H3/t10-/m1/s1. The Morgan fingerprint density at radius 2 is 2.25 bits per heavy atom. The predicted molar refractivity (Wildman–Crippen MR) is 51.3 cm³/mol. The molecular weight excluding hydrogens is 150 g/mol. The van der Waals surface area contributed by atoms with Gasteiger partial charge in [0.25, 0.3) is 0 Å². The van der Waals surface area contributed by atoms with Crippen molar-refractivity contribution in [2.45, 2.75) is 32.8 Å². The molecule has 0 spiro atoms. The minimum atomic E-state index is 0.386. The van der Waals surface area contributed by atoms with E-state index in [1.807, 2.05) is 0 Å². The number of piperidine rings is 1. The molecule has 0 saturated carbocycles. The van der Waals surface area contributed by atoms with E-state index >= 15 is 0 Å². The maximum Gasteiger partial charge on any atom is 0.0519 e. The van der Waals surface area contributed by atoms with Gasteiger partial charge in [0, 0.05) is 6.54 Å². The first-order valence-electron chi connectivity index (χ1n) is 4.98. The first-order valence-corrected chi connectivity index (χ1v) is 4.98. The number of rotatable bonds is 3. The second-order valence-corrected chi connectivity index (χ2v) is 4.15. The van der Waals surface area contributed by atoms with Crippen LogP contribution in [0, 0.1) is 5.92 Å². The van der Waals surface area contributed by atoms with Gasteiger partial charge in [-0.2, -0.15) is 0 Å². The lowest BCUT2D eigenvalue weighted by Crippen LogP contribution is -2.34. The summed E-state index contributed by atoms with van der Waals surface area (Å²) >= 11 is 0. The van der Waals surface area contributed by atoms with Crippen LogP contribution in [0.5, 0.6) is 0 Å². The third-order valence-electron chi connectivity index (χ3n) is 2.39. The van der Waals surface area contributed by atoms with Gasteiger partial charge >= 0.3 is 0 Å². The Hall–Kier alpha value is -0.0800. The topological polar surface area (TPSA) is 12.5 Å². The highest BCUT2D eigenvalue weighted by Gasteiger charge is 2.17. The van der Waals surface area contributed by atoms with Crippen LogP contribution in [0.4, 0.5) is 0 Å². The van der Waals surface area contributed by atoms with Crippen molar-refractivity contribution in [1.29, 1.82) is 0 Å². The summed E-state index contributed by atoms with van der Waals surface area (Å²) in [5.74, 6) is 0.770. The zero-order chi connectivity index (χ0) is 8.97. The lowest BCUT2D eigenvalue weighted by atomic mass is 9.99. The van der Waals surface area contributed by atoms with Gasteiger partial charge < -0.3 is 9.64 Å². The highest BCUT2D eigenvalue weighted by atomic mass is 16.5. The van der Waals surface area contributed by atoms with E-state index in [9.17, 15) is 0 Å². The maximum absolute atomic E-state index is 5.60. The van der Waals surface area contributed by atoms with Crippen LogP contribution in [-0.4, -0.2) is 37.7 Å². The van der Waals surface area contributed by atoms with Gasteiger partial charge in [-0.3, -0.25) is 0 Å². The minimum Gasteiger partial charge on any atom is -0.378 e. The zero-order valence-electron chi connectivity index (χ0n) is 8.55. The summed E-state index contributed by atoms with van der Waals surface area (Å²) in [5.41, 5.74) is 0. The Kier molecular flexibility index (Phi) is 4.02. The summed E-state index contributed by atoms with van der Waals surface area (Å²) in [5, 5.41) is 0. The predicted octanol–water partition coefficient (Wildman–Crippen LogP) is 1.75. The molecule has 2 heteroatoms. The number of hydrogen-bond donors (Lipinski definition) is 0. The normalized spacial score (nSPS) is 26.5. The van der Waals surface area contributed by atoms with Crippen molar-refractivity contribution >= 4 is 0 Å². The quantitative estimate of drug-likeness (QED) is 0.641. The molecule has 0 bridgehead atoms. The molecule has 1 rings (SSSR count). The first-order chi connectivity index (χ1) is 5.68. The van der Waals surface area contributed by atoms with Gasteiger partial charge in [-0.1, -0.05) is 0 Å². The van der Waals surface area contributed by atoms with Crippen molar-refractivity contribution in [3.05, 3.63) is 0 Å². The average Bonchev–Trinajstić information content (AvgIpc) is 2.01. The maximum atomic E-state index is 5.60. The molecule has 1 saturated heterocycles. The molecule has 0 unspecified atom stereocenters.